The molecular formula is C18H17BrN6O2. The molecule has 3 aromatic rings. The fourth-order valence-corrected chi connectivity index (χ4v) is 2.71. The average molecular weight is 429 g/mol. The van der Waals surface area contributed by atoms with E-state index in [0.29, 0.717) is 17.1 Å². The summed E-state index contributed by atoms with van der Waals surface area (Å²) in [6.45, 7) is 0. The van der Waals surface area contributed by atoms with E-state index >= 15 is 0 Å². The van der Waals surface area contributed by atoms with Gasteiger partial charge in [-0.25, -0.2) is 9.97 Å². The van der Waals surface area contributed by atoms with Gasteiger partial charge in [0.25, 0.3) is 5.91 Å². The van der Waals surface area contributed by atoms with E-state index in [4.69, 9.17) is 10.5 Å². The highest BCUT2D eigenvalue weighted by Gasteiger charge is 2.13. The Bertz CT molecular complexity index is 966. The third-order valence-electron chi connectivity index (χ3n) is 3.62. The van der Waals surface area contributed by atoms with Gasteiger partial charge in [-0.3, -0.25) is 15.6 Å². The van der Waals surface area contributed by atoms with Crippen LogP contribution >= 0.6 is 15.9 Å². The Hall–Kier alpha value is -3.33. The van der Waals surface area contributed by atoms with Gasteiger partial charge >= 0.3 is 0 Å². The molecule has 0 radical (unpaired) electrons. The summed E-state index contributed by atoms with van der Waals surface area (Å²) in [5, 5.41) is 3.11. The number of methoxy groups -OCH3 is 1. The minimum Gasteiger partial charge on any atom is -0.496 e. The maximum Gasteiger partial charge on any atom is 0.273 e. The summed E-state index contributed by atoms with van der Waals surface area (Å²) < 4.78 is 6.10. The molecule has 0 spiro atoms. The number of rotatable bonds is 6. The number of nitrogens with zero attached hydrogens (tertiary/aromatic N) is 2. The van der Waals surface area contributed by atoms with Crippen LogP contribution in [0.1, 0.15) is 10.4 Å². The largest absolute Gasteiger partial charge is 0.496 e. The van der Waals surface area contributed by atoms with E-state index < -0.39 is 0 Å². The predicted octanol–water partition coefficient (Wildman–Crippen LogP) is 3.33. The van der Waals surface area contributed by atoms with E-state index in [1.54, 1.807) is 24.3 Å². The SMILES string of the molecule is COc1ccccc1C(=O)NNc1ncnc(Nc2cccc(Br)c2)c1N. The highest BCUT2D eigenvalue weighted by Crippen LogP contribution is 2.26. The maximum atomic E-state index is 12.4. The highest BCUT2D eigenvalue weighted by molar-refractivity contribution is 9.10. The number of carbonyl (C=O) groups is 1. The van der Waals surface area contributed by atoms with Crippen molar-refractivity contribution in [1.29, 1.82) is 0 Å². The Balaban J connectivity index is 1.73. The lowest BCUT2D eigenvalue weighted by atomic mass is 10.2. The van der Waals surface area contributed by atoms with Crippen LogP contribution in [-0.2, 0) is 0 Å². The quantitative estimate of drug-likeness (QED) is 0.445. The molecule has 1 aromatic heterocycles. The van der Waals surface area contributed by atoms with Gasteiger partial charge in [-0.1, -0.05) is 34.1 Å². The van der Waals surface area contributed by atoms with Crippen LogP contribution in [0.25, 0.3) is 0 Å². The number of benzene rings is 2. The first-order valence-corrected chi connectivity index (χ1v) is 8.70. The van der Waals surface area contributed by atoms with Crippen molar-refractivity contribution >= 4 is 44.8 Å². The van der Waals surface area contributed by atoms with Gasteiger partial charge in [0.15, 0.2) is 11.6 Å². The summed E-state index contributed by atoms with van der Waals surface area (Å²) in [5.41, 5.74) is 12.8. The van der Waals surface area contributed by atoms with Gasteiger partial charge < -0.3 is 15.8 Å². The molecule has 1 amide bonds. The normalized spacial score (nSPS) is 10.1. The van der Waals surface area contributed by atoms with Crippen LogP contribution in [0.3, 0.4) is 0 Å². The number of aromatic nitrogens is 2. The summed E-state index contributed by atoms with van der Waals surface area (Å²) >= 11 is 3.41. The zero-order valence-electron chi connectivity index (χ0n) is 14.4. The first-order chi connectivity index (χ1) is 13.1. The molecule has 9 heteroatoms. The van der Waals surface area contributed by atoms with Gasteiger partial charge in [0, 0.05) is 10.2 Å². The van der Waals surface area contributed by atoms with Gasteiger partial charge in [-0.15, -0.1) is 0 Å². The Morgan fingerprint density at radius 2 is 1.89 bits per heavy atom. The summed E-state index contributed by atoms with van der Waals surface area (Å²) in [7, 11) is 1.50. The molecular weight excluding hydrogens is 412 g/mol. The van der Waals surface area contributed by atoms with Crippen molar-refractivity contribution in [3.63, 3.8) is 0 Å². The van der Waals surface area contributed by atoms with Crippen molar-refractivity contribution in [2.75, 3.05) is 23.6 Å². The number of nitrogen functional groups attached to an aromatic ring is 1. The van der Waals surface area contributed by atoms with Crippen molar-refractivity contribution in [2.24, 2.45) is 0 Å². The maximum absolute atomic E-state index is 12.4. The summed E-state index contributed by atoms with van der Waals surface area (Å²) in [5.74, 6) is 0.763. The monoisotopic (exact) mass is 428 g/mol. The number of amides is 1. The number of ether oxygens (including phenoxy) is 1. The second-order valence-corrected chi connectivity index (χ2v) is 6.31. The van der Waals surface area contributed by atoms with Crippen LogP contribution < -0.4 is 26.6 Å². The van der Waals surface area contributed by atoms with Gasteiger partial charge in [0.1, 0.15) is 17.8 Å². The van der Waals surface area contributed by atoms with E-state index in [1.807, 2.05) is 24.3 Å². The van der Waals surface area contributed by atoms with Gasteiger partial charge in [0.2, 0.25) is 0 Å². The number of hydrogen-bond acceptors (Lipinski definition) is 7. The third kappa shape index (κ3) is 4.45. The Morgan fingerprint density at radius 1 is 1.11 bits per heavy atom. The topological polar surface area (TPSA) is 114 Å². The molecule has 0 aliphatic heterocycles. The van der Waals surface area contributed by atoms with Crippen LogP contribution in [0, 0.1) is 0 Å². The molecule has 2 aromatic carbocycles. The summed E-state index contributed by atoms with van der Waals surface area (Å²) in [6.07, 6.45) is 1.34. The van der Waals surface area contributed by atoms with E-state index in [0.717, 1.165) is 10.2 Å². The Morgan fingerprint density at radius 3 is 2.67 bits per heavy atom. The zero-order valence-corrected chi connectivity index (χ0v) is 15.9. The zero-order chi connectivity index (χ0) is 19.2. The van der Waals surface area contributed by atoms with Gasteiger partial charge in [-0.2, -0.15) is 0 Å². The van der Waals surface area contributed by atoms with E-state index in [-0.39, 0.29) is 17.4 Å². The molecule has 0 aliphatic rings. The lowest BCUT2D eigenvalue weighted by Crippen LogP contribution is -2.30. The standard InChI is InChI=1S/C18H17BrN6O2/c1-27-14-8-3-2-7-13(14)18(26)25-24-17-15(20)16(21-10-22-17)23-12-6-4-5-11(19)9-12/h2-10H,20H2,1H3,(H,25,26)(H2,21,22,23,24). The Labute approximate surface area is 164 Å². The van der Waals surface area contributed by atoms with Crippen molar-refractivity contribution in [2.45, 2.75) is 0 Å². The second-order valence-electron chi connectivity index (χ2n) is 5.40. The number of para-hydroxylation sites is 1. The molecule has 138 valence electrons. The van der Waals surface area contributed by atoms with Crippen LogP contribution in [0.5, 0.6) is 5.75 Å². The van der Waals surface area contributed by atoms with Crippen LogP contribution in [-0.4, -0.2) is 23.0 Å². The number of hydrogen-bond donors (Lipinski definition) is 4. The highest BCUT2D eigenvalue weighted by atomic mass is 79.9. The molecule has 0 saturated carbocycles. The molecule has 5 N–H and O–H groups in total. The fourth-order valence-electron chi connectivity index (χ4n) is 2.31. The van der Waals surface area contributed by atoms with Crippen molar-refractivity contribution < 1.29 is 9.53 Å². The van der Waals surface area contributed by atoms with E-state index in [9.17, 15) is 4.79 Å². The molecule has 1 heterocycles. The van der Waals surface area contributed by atoms with Crippen LogP contribution in [0.4, 0.5) is 23.0 Å². The number of nitrogens with one attached hydrogen (secondary N) is 3. The van der Waals surface area contributed by atoms with Crippen molar-refractivity contribution in [3.8, 4) is 5.75 Å². The van der Waals surface area contributed by atoms with Crippen molar-refractivity contribution in [1.82, 2.24) is 15.4 Å². The average Bonchev–Trinajstić information content (AvgIpc) is 2.68. The number of carbonyl (C=O) groups excluding carboxylic acids is 1. The lowest BCUT2D eigenvalue weighted by Gasteiger charge is -2.14. The molecule has 3 rings (SSSR count). The number of halogens is 1. The number of nitrogens with two attached hydrogens (primary N) is 1. The molecule has 8 nitrogen and oxygen atoms in total. The summed E-state index contributed by atoms with van der Waals surface area (Å²) in [6, 6.07) is 14.4. The number of anilines is 4. The smallest absolute Gasteiger partial charge is 0.273 e. The molecule has 0 bridgehead atoms. The minimum atomic E-state index is -0.382. The number of hydrazine groups is 1. The van der Waals surface area contributed by atoms with E-state index in [2.05, 4.69) is 42.1 Å². The summed E-state index contributed by atoms with van der Waals surface area (Å²) in [4.78, 5) is 20.6. The molecule has 0 fully saturated rings. The minimum absolute atomic E-state index is 0.262. The van der Waals surface area contributed by atoms with Gasteiger partial charge in [0.05, 0.1) is 12.7 Å². The predicted molar refractivity (Wildman–Crippen MR) is 108 cm³/mol. The first kappa shape index (κ1) is 18.5. The first-order valence-electron chi connectivity index (χ1n) is 7.91. The Kier molecular flexibility index (Phi) is 5.72. The second kappa shape index (κ2) is 8.37. The van der Waals surface area contributed by atoms with E-state index in [1.165, 1.54) is 13.4 Å². The van der Waals surface area contributed by atoms with Crippen LogP contribution in [0.2, 0.25) is 0 Å². The molecule has 0 unspecified atom stereocenters. The molecule has 0 saturated heterocycles. The molecule has 27 heavy (non-hydrogen) atoms. The van der Waals surface area contributed by atoms with Crippen molar-refractivity contribution in [3.05, 3.63) is 64.9 Å². The van der Waals surface area contributed by atoms with Crippen LogP contribution in [0.15, 0.2) is 59.3 Å². The third-order valence-corrected chi connectivity index (χ3v) is 4.11. The lowest BCUT2D eigenvalue weighted by molar-refractivity contribution is 0.0959. The van der Waals surface area contributed by atoms with Gasteiger partial charge in [-0.05, 0) is 30.3 Å². The molecule has 0 aliphatic carbocycles. The molecule has 0 atom stereocenters. The fraction of sp³-hybridized carbons (Fsp3) is 0.0556.